The van der Waals surface area contributed by atoms with Crippen LogP contribution in [0, 0.1) is 0 Å². The Kier molecular flexibility index (Phi) is 6.76. The second-order valence-electron chi connectivity index (χ2n) is 4.50. The average Bonchev–Trinajstić information content (AvgIpc) is 2.39. The Balaban J connectivity index is 2.75. The molecule has 0 aliphatic rings. The van der Waals surface area contributed by atoms with Crippen LogP contribution in [-0.2, 0) is 4.74 Å². The van der Waals surface area contributed by atoms with E-state index in [0.29, 0.717) is 6.04 Å². The van der Waals surface area contributed by atoms with Crippen molar-refractivity contribution in [3.05, 3.63) is 29.8 Å². The minimum Gasteiger partial charge on any atom is -0.490 e. The number of methoxy groups -OCH3 is 1. The summed E-state index contributed by atoms with van der Waals surface area (Å²) in [5.41, 5.74) is 1.23. The number of hydrogen-bond acceptors (Lipinski definition) is 3. The van der Waals surface area contributed by atoms with E-state index in [4.69, 9.17) is 9.47 Å². The van der Waals surface area contributed by atoms with Gasteiger partial charge in [-0.05, 0) is 26.5 Å². The van der Waals surface area contributed by atoms with Gasteiger partial charge in [0, 0.05) is 31.7 Å². The van der Waals surface area contributed by atoms with Gasteiger partial charge in [-0.3, -0.25) is 0 Å². The van der Waals surface area contributed by atoms with Crippen LogP contribution in [0.4, 0.5) is 0 Å². The predicted octanol–water partition coefficient (Wildman–Crippen LogP) is 3.16. The molecule has 0 saturated carbocycles. The number of hydrogen-bond donors (Lipinski definition) is 1. The lowest BCUT2D eigenvalue weighted by atomic mass is 10.0. The maximum absolute atomic E-state index is 6.01. The number of nitrogens with one attached hydrogen (secondary N) is 1. The van der Waals surface area contributed by atoms with Crippen molar-refractivity contribution >= 4 is 0 Å². The van der Waals surface area contributed by atoms with Crippen LogP contribution in [-0.4, -0.2) is 26.9 Å². The van der Waals surface area contributed by atoms with Crippen LogP contribution in [0.5, 0.6) is 5.75 Å². The van der Waals surface area contributed by atoms with Crippen molar-refractivity contribution in [2.24, 2.45) is 0 Å². The third kappa shape index (κ3) is 4.31. The van der Waals surface area contributed by atoms with Gasteiger partial charge in [-0.1, -0.05) is 25.1 Å². The van der Waals surface area contributed by atoms with Crippen molar-refractivity contribution in [2.45, 2.75) is 38.8 Å². The molecule has 0 aliphatic heterocycles. The number of ether oxygens (including phenoxy) is 2. The van der Waals surface area contributed by atoms with Gasteiger partial charge in [0.15, 0.2) is 0 Å². The normalized spacial score (nSPS) is 14.2. The molecule has 0 heterocycles. The minimum atomic E-state index is 0.167. The van der Waals surface area contributed by atoms with Gasteiger partial charge in [0.25, 0.3) is 0 Å². The fourth-order valence-electron chi connectivity index (χ4n) is 2.01. The molecular weight excluding hydrogens is 226 g/mol. The fraction of sp³-hybridized carbons (Fsp3) is 0.600. The molecule has 3 heteroatoms. The Labute approximate surface area is 110 Å². The molecule has 0 saturated heterocycles. The second-order valence-corrected chi connectivity index (χ2v) is 4.50. The first-order valence-electron chi connectivity index (χ1n) is 6.64. The van der Waals surface area contributed by atoms with Crippen molar-refractivity contribution in [1.29, 1.82) is 0 Å². The van der Waals surface area contributed by atoms with E-state index in [9.17, 15) is 0 Å². The van der Waals surface area contributed by atoms with E-state index in [2.05, 4.69) is 31.3 Å². The van der Waals surface area contributed by atoms with Crippen LogP contribution in [0.2, 0.25) is 0 Å². The van der Waals surface area contributed by atoms with Crippen LogP contribution in [0.15, 0.2) is 24.3 Å². The van der Waals surface area contributed by atoms with Crippen molar-refractivity contribution in [1.82, 2.24) is 5.32 Å². The first kappa shape index (κ1) is 15.0. The molecule has 18 heavy (non-hydrogen) atoms. The summed E-state index contributed by atoms with van der Waals surface area (Å²) in [5, 5.41) is 3.32. The largest absolute Gasteiger partial charge is 0.490 e. The molecule has 1 N–H and O–H groups in total. The van der Waals surface area contributed by atoms with Gasteiger partial charge in [0.1, 0.15) is 5.75 Å². The molecule has 102 valence electrons. The van der Waals surface area contributed by atoms with Crippen molar-refractivity contribution in [3.8, 4) is 5.75 Å². The fourth-order valence-corrected chi connectivity index (χ4v) is 2.01. The van der Waals surface area contributed by atoms with E-state index >= 15 is 0 Å². The van der Waals surface area contributed by atoms with Gasteiger partial charge < -0.3 is 14.8 Å². The molecule has 0 bridgehead atoms. The van der Waals surface area contributed by atoms with Gasteiger partial charge >= 0.3 is 0 Å². The Morgan fingerprint density at radius 1 is 1.28 bits per heavy atom. The molecule has 1 aromatic carbocycles. The van der Waals surface area contributed by atoms with Crippen molar-refractivity contribution in [2.75, 3.05) is 20.8 Å². The lowest BCUT2D eigenvalue weighted by Crippen LogP contribution is -2.19. The van der Waals surface area contributed by atoms with Gasteiger partial charge in [-0.2, -0.15) is 0 Å². The maximum Gasteiger partial charge on any atom is 0.124 e. The van der Waals surface area contributed by atoms with Crippen LogP contribution in [0.25, 0.3) is 0 Å². The van der Waals surface area contributed by atoms with Crippen molar-refractivity contribution < 1.29 is 9.47 Å². The number of rotatable bonds is 8. The SMILES string of the molecule is CCC(NC)c1ccccc1OC(C)CCOC. The quantitative estimate of drug-likeness (QED) is 0.770. The molecule has 1 rings (SSSR count). The zero-order valence-electron chi connectivity index (χ0n) is 11.9. The number of benzene rings is 1. The molecule has 0 fully saturated rings. The van der Waals surface area contributed by atoms with E-state index < -0.39 is 0 Å². The summed E-state index contributed by atoms with van der Waals surface area (Å²) in [5.74, 6) is 0.974. The van der Waals surface area contributed by atoms with Gasteiger partial charge in [-0.25, -0.2) is 0 Å². The van der Waals surface area contributed by atoms with E-state index in [1.807, 2.05) is 19.2 Å². The molecule has 1 aromatic rings. The molecule has 3 nitrogen and oxygen atoms in total. The van der Waals surface area contributed by atoms with Gasteiger partial charge in [0.2, 0.25) is 0 Å². The molecule has 0 radical (unpaired) electrons. The monoisotopic (exact) mass is 251 g/mol. The summed E-state index contributed by atoms with van der Waals surface area (Å²) in [7, 11) is 3.70. The zero-order valence-corrected chi connectivity index (χ0v) is 11.9. The highest BCUT2D eigenvalue weighted by atomic mass is 16.5. The van der Waals surface area contributed by atoms with Crippen LogP contribution in [0.1, 0.15) is 38.3 Å². The molecule has 0 amide bonds. The smallest absolute Gasteiger partial charge is 0.124 e. The Morgan fingerprint density at radius 3 is 2.61 bits per heavy atom. The topological polar surface area (TPSA) is 30.5 Å². The molecule has 0 spiro atoms. The molecule has 0 aromatic heterocycles. The minimum absolute atomic E-state index is 0.167. The highest BCUT2D eigenvalue weighted by Crippen LogP contribution is 2.27. The van der Waals surface area contributed by atoms with Gasteiger partial charge in [0.05, 0.1) is 6.10 Å². The van der Waals surface area contributed by atoms with Crippen LogP contribution >= 0.6 is 0 Å². The standard InChI is InChI=1S/C15H25NO2/c1-5-14(16-3)13-8-6-7-9-15(13)18-12(2)10-11-17-4/h6-9,12,14,16H,5,10-11H2,1-4H3. The van der Waals surface area contributed by atoms with E-state index in [-0.39, 0.29) is 6.10 Å². The Hall–Kier alpha value is -1.06. The Morgan fingerprint density at radius 2 is 2.00 bits per heavy atom. The first-order valence-corrected chi connectivity index (χ1v) is 6.64. The summed E-state index contributed by atoms with van der Waals surface area (Å²) < 4.78 is 11.1. The van der Waals surface area contributed by atoms with E-state index in [1.54, 1.807) is 7.11 Å². The molecule has 0 aliphatic carbocycles. The first-order chi connectivity index (χ1) is 8.72. The third-order valence-electron chi connectivity index (χ3n) is 3.11. The highest BCUT2D eigenvalue weighted by molar-refractivity contribution is 5.36. The summed E-state index contributed by atoms with van der Waals surface area (Å²) in [6, 6.07) is 8.59. The Bertz CT molecular complexity index is 337. The lowest BCUT2D eigenvalue weighted by molar-refractivity contribution is 0.134. The van der Waals surface area contributed by atoms with Crippen LogP contribution < -0.4 is 10.1 Å². The summed E-state index contributed by atoms with van der Waals surface area (Å²) in [4.78, 5) is 0. The number of para-hydroxylation sites is 1. The predicted molar refractivity (Wildman–Crippen MR) is 75.1 cm³/mol. The van der Waals surface area contributed by atoms with Gasteiger partial charge in [-0.15, -0.1) is 0 Å². The van der Waals surface area contributed by atoms with Crippen molar-refractivity contribution in [3.63, 3.8) is 0 Å². The summed E-state index contributed by atoms with van der Waals surface area (Å²) in [6.07, 6.45) is 2.12. The summed E-state index contributed by atoms with van der Waals surface area (Å²) in [6.45, 7) is 4.98. The third-order valence-corrected chi connectivity index (χ3v) is 3.11. The summed E-state index contributed by atoms with van der Waals surface area (Å²) >= 11 is 0. The average molecular weight is 251 g/mol. The molecule has 2 unspecified atom stereocenters. The second kappa shape index (κ2) is 8.11. The molecule has 2 atom stereocenters. The van der Waals surface area contributed by atoms with E-state index in [0.717, 1.165) is 25.2 Å². The van der Waals surface area contributed by atoms with Crippen LogP contribution in [0.3, 0.4) is 0 Å². The lowest BCUT2D eigenvalue weighted by Gasteiger charge is -2.21. The highest BCUT2D eigenvalue weighted by Gasteiger charge is 2.14. The molecular formula is C15H25NO2. The van der Waals surface area contributed by atoms with E-state index in [1.165, 1.54) is 5.56 Å². The maximum atomic E-state index is 6.01. The zero-order chi connectivity index (χ0) is 13.4.